The van der Waals surface area contributed by atoms with Crippen molar-refractivity contribution in [2.24, 2.45) is 11.8 Å². The van der Waals surface area contributed by atoms with Crippen molar-refractivity contribution in [3.63, 3.8) is 0 Å². The number of hydrogen-bond acceptors (Lipinski definition) is 5. The molecule has 4 aliphatic rings. The summed E-state index contributed by atoms with van der Waals surface area (Å²) in [5.41, 5.74) is 5.45. The zero-order valence-corrected chi connectivity index (χ0v) is 19.8. The fourth-order valence-electron chi connectivity index (χ4n) is 7.29. The van der Waals surface area contributed by atoms with Crippen molar-refractivity contribution in [2.75, 3.05) is 11.4 Å². The van der Waals surface area contributed by atoms with E-state index >= 15 is 0 Å². The predicted octanol–water partition coefficient (Wildman–Crippen LogP) is 6.36. The lowest BCUT2D eigenvalue weighted by Crippen LogP contribution is -2.36. The van der Waals surface area contributed by atoms with Gasteiger partial charge in [-0.3, -0.25) is 9.59 Å². The molecule has 170 valence electrons. The molecule has 2 aliphatic heterocycles. The monoisotopic (exact) mass is 475 g/mol. The highest BCUT2D eigenvalue weighted by Crippen LogP contribution is 2.60. The smallest absolute Gasteiger partial charge is 0.224 e. The van der Waals surface area contributed by atoms with Gasteiger partial charge in [-0.15, -0.1) is 0 Å². The van der Waals surface area contributed by atoms with Gasteiger partial charge < -0.3 is 10.0 Å². The molecule has 0 spiro atoms. The minimum absolute atomic E-state index is 0.0538. The Morgan fingerprint density at radius 3 is 2.66 bits per heavy atom. The highest BCUT2D eigenvalue weighted by Gasteiger charge is 2.55. The van der Waals surface area contributed by atoms with Gasteiger partial charge in [0.1, 0.15) is 5.75 Å². The van der Waals surface area contributed by atoms with E-state index in [4.69, 9.17) is 0 Å². The molecule has 8 rings (SSSR count). The highest BCUT2D eigenvalue weighted by atomic mass is 32.2. The van der Waals surface area contributed by atoms with E-state index in [9.17, 15) is 14.7 Å². The summed E-state index contributed by atoms with van der Waals surface area (Å²) in [5.74, 6) is 0.902. The molecule has 1 N–H and O–H groups in total. The van der Waals surface area contributed by atoms with E-state index in [0.29, 0.717) is 5.92 Å². The van der Waals surface area contributed by atoms with Crippen molar-refractivity contribution in [3.8, 4) is 5.75 Å². The Hall–Kier alpha value is -3.57. The number of fused-ring (bicyclic) bond motifs is 5. The zero-order valence-electron chi connectivity index (χ0n) is 19.0. The first-order valence-corrected chi connectivity index (χ1v) is 12.8. The highest BCUT2D eigenvalue weighted by molar-refractivity contribution is 8.15. The number of phenols is 1. The zero-order chi connectivity index (χ0) is 23.6. The van der Waals surface area contributed by atoms with E-state index in [0.717, 1.165) is 44.2 Å². The van der Waals surface area contributed by atoms with Crippen LogP contribution in [0.25, 0.3) is 21.5 Å². The average molecular weight is 476 g/mol. The molecule has 0 radical (unpaired) electrons. The summed E-state index contributed by atoms with van der Waals surface area (Å²) in [5, 5.41) is 14.2. The van der Waals surface area contributed by atoms with Gasteiger partial charge in [0.25, 0.3) is 0 Å². The van der Waals surface area contributed by atoms with Crippen LogP contribution in [0.15, 0.2) is 77.2 Å². The van der Waals surface area contributed by atoms with Crippen LogP contribution in [0.3, 0.4) is 0 Å². The van der Waals surface area contributed by atoms with Crippen molar-refractivity contribution >= 4 is 49.9 Å². The topological polar surface area (TPSA) is 57.6 Å². The Balaban J connectivity index is 1.41. The fraction of sp³-hybridized carbons (Fsp3) is 0.200. The quantitative estimate of drug-likeness (QED) is 0.325. The Morgan fingerprint density at radius 2 is 1.80 bits per heavy atom. The molecule has 0 saturated carbocycles. The summed E-state index contributed by atoms with van der Waals surface area (Å²) in [6.45, 7) is 2.92. The van der Waals surface area contributed by atoms with Gasteiger partial charge in [-0.25, -0.2) is 0 Å². The third-order valence-corrected chi connectivity index (χ3v) is 9.61. The number of benzene rings is 4. The fourth-order valence-corrected chi connectivity index (χ4v) is 8.36. The molecule has 35 heavy (non-hydrogen) atoms. The third-order valence-electron chi connectivity index (χ3n) is 8.58. The summed E-state index contributed by atoms with van der Waals surface area (Å²) in [6.07, 6.45) is 1.88. The minimum atomic E-state index is -0.0844. The summed E-state index contributed by atoms with van der Waals surface area (Å²) in [7, 11) is 0. The molecule has 2 heterocycles. The maximum absolute atomic E-state index is 13.2. The van der Waals surface area contributed by atoms with Crippen LogP contribution in [-0.4, -0.2) is 22.5 Å². The third kappa shape index (κ3) is 2.39. The number of rotatable bonds is 1. The van der Waals surface area contributed by atoms with Crippen LogP contribution >= 0.6 is 11.8 Å². The molecule has 0 aromatic heterocycles. The summed E-state index contributed by atoms with van der Waals surface area (Å²) in [6, 6.07) is 20.2. The first kappa shape index (κ1) is 19.7. The maximum Gasteiger partial charge on any atom is 0.224 e. The Morgan fingerprint density at radius 1 is 0.971 bits per heavy atom. The van der Waals surface area contributed by atoms with Gasteiger partial charge in [-0.1, -0.05) is 35.9 Å². The first-order valence-electron chi connectivity index (χ1n) is 12.0. The van der Waals surface area contributed by atoms with Crippen LogP contribution < -0.4 is 4.90 Å². The Labute approximate surface area is 206 Å². The number of allylic oxidation sites excluding steroid dienone is 1. The molecule has 0 unspecified atom stereocenters. The molecular weight excluding hydrogens is 454 g/mol. The Bertz CT molecular complexity index is 1700. The average Bonchev–Trinajstić information content (AvgIpc) is 3.35. The number of anilines is 1. The second-order valence-electron chi connectivity index (χ2n) is 10.2. The molecular formula is C30H21NO3S. The standard InChI is InChI=1S/C30H21NO3S/c1-14-10-24(33)26-17-4-2-3-5-18(17)28-25(14)22(26)13-31(28)23-9-8-19-27-21(23)11-15-6-7-16(32)12-20(15)29(27)35-30(19)34/h2-12,22,25-26,28,32H,13H2,1H3/t22-,25-,26-,28-/m0/s1. The minimum Gasteiger partial charge on any atom is -0.508 e. The van der Waals surface area contributed by atoms with E-state index in [1.54, 1.807) is 12.1 Å². The van der Waals surface area contributed by atoms with Crippen molar-refractivity contribution in [2.45, 2.75) is 23.8 Å². The van der Waals surface area contributed by atoms with Crippen LogP contribution in [0.2, 0.25) is 0 Å². The van der Waals surface area contributed by atoms with Gasteiger partial charge in [0.15, 0.2) is 5.78 Å². The molecule has 4 bridgehead atoms. The van der Waals surface area contributed by atoms with E-state index < -0.39 is 0 Å². The maximum atomic E-state index is 13.2. The lowest BCUT2D eigenvalue weighted by molar-refractivity contribution is -0.118. The van der Waals surface area contributed by atoms with E-state index in [1.165, 1.54) is 28.5 Å². The van der Waals surface area contributed by atoms with Gasteiger partial charge >= 0.3 is 0 Å². The molecule has 5 heteroatoms. The van der Waals surface area contributed by atoms with Crippen molar-refractivity contribution < 1.29 is 14.7 Å². The lowest BCUT2D eigenvalue weighted by Gasteiger charge is -2.41. The van der Waals surface area contributed by atoms with Gasteiger partial charge in [-0.2, -0.15) is 0 Å². The largest absolute Gasteiger partial charge is 0.508 e. The molecule has 4 atom stereocenters. The number of ketones is 1. The van der Waals surface area contributed by atoms with Crippen LogP contribution in [0.5, 0.6) is 5.75 Å². The van der Waals surface area contributed by atoms with Gasteiger partial charge in [0, 0.05) is 44.8 Å². The van der Waals surface area contributed by atoms with Crippen molar-refractivity contribution in [1.82, 2.24) is 0 Å². The second kappa shape index (κ2) is 6.55. The molecule has 2 aliphatic carbocycles. The molecule has 0 amide bonds. The number of aromatic hydroxyl groups is 1. The normalized spacial score (nSPS) is 26.0. The SMILES string of the molecule is CC1=CC(=O)[C@H]2c3ccccc3[C@H]3[C@@H]1[C@@H]2CN3c1ccc2c3c(c4cc(O)ccc4cc13)SC2=O. The van der Waals surface area contributed by atoms with E-state index in [2.05, 4.69) is 42.2 Å². The number of thioether (sulfide) groups is 1. The second-order valence-corrected chi connectivity index (χ2v) is 11.2. The van der Waals surface area contributed by atoms with Crippen molar-refractivity contribution in [3.05, 3.63) is 89.0 Å². The molecule has 4 aromatic rings. The number of phenolic OH excluding ortho intramolecular Hbond substituents is 1. The van der Waals surface area contributed by atoms with Crippen molar-refractivity contribution in [1.29, 1.82) is 0 Å². The van der Waals surface area contributed by atoms with E-state index in [1.807, 2.05) is 24.3 Å². The first-order chi connectivity index (χ1) is 17.0. The van der Waals surface area contributed by atoms with Gasteiger partial charge in [0.2, 0.25) is 5.12 Å². The number of hydrogen-bond donors (Lipinski definition) is 1. The molecule has 4 nitrogen and oxygen atoms in total. The predicted molar refractivity (Wildman–Crippen MR) is 138 cm³/mol. The lowest BCUT2D eigenvalue weighted by atomic mass is 9.62. The van der Waals surface area contributed by atoms with E-state index in [-0.39, 0.29) is 34.5 Å². The van der Waals surface area contributed by atoms with Crippen LogP contribution in [0.4, 0.5) is 5.69 Å². The number of carbonyl (C=O) groups is 2. The van der Waals surface area contributed by atoms with Crippen LogP contribution in [0.1, 0.15) is 40.4 Å². The molecule has 4 aromatic carbocycles. The van der Waals surface area contributed by atoms with Crippen LogP contribution in [0, 0.1) is 11.8 Å². The van der Waals surface area contributed by atoms with Gasteiger partial charge in [0.05, 0.1) is 12.0 Å². The summed E-state index contributed by atoms with van der Waals surface area (Å²) in [4.78, 5) is 29.5. The summed E-state index contributed by atoms with van der Waals surface area (Å²) >= 11 is 1.26. The number of carbonyl (C=O) groups excluding carboxylic acids is 2. The van der Waals surface area contributed by atoms with Crippen LogP contribution in [-0.2, 0) is 4.79 Å². The molecule has 1 saturated heterocycles. The Kier molecular flexibility index (Phi) is 3.69. The number of nitrogens with zero attached hydrogens (tertiary/aromatic N) is 1. The summed E-state index contributed by atoms with van der Waals surface area (Å²) < 4.78 is 0. The molecule has 1 fully saturated rings. The van der Waals surface area contributed by atoms with Gasteiger partial charge in [-0.05, 0) is 77.5 Å².